The molecule has 0 heterocycles. The Labute approximate surface area is 106 Å². The van der Waals surface area contributed by atoms with E-state index in [1.54, 1.807) is 0 Å². The summed E-state index contributed by atoms with van der Waals surface area (Å²) in [5, 5.41) is 12.3. The average Bonchev–Trinajstić information content (AvgIpc) is 2.38. The van der Waals surface area contributed by atoms with Crippen LogP contribution in [0.15, 0.2) is 0 Å². The van der Waals surface area contributed by atoms with Crippen LogP contribution < -0.4 is 5.32 Å². The number of hydrogen-bond acceptors (Lipinski definition) is 3. The number of nitrogens with one attached hydrogen (secondary N) is 1. The van der Waals surface area contributed by atoms with Crippen molar-refractivity contribution in [2.45, 2.75) is 57.5 Å². The summed E-state index contributed by atoms with van der Waals surface area (Å²) in [6, 6.07) is 3.03. The van der Waals surface area contributed by atoms with Gasteiger partial charge in [-0.25, -0.2) is 0 Å². The van der Waals surface area contributed by atoms with E-state index in [1.165, 1.54) is 32.1 Å². The minimum Gasteiger partial charge on any atom is -0.302 e. The third-order valence-electron chi connectivity index (χ3n) is 4.38. The summed E-state index contributed by atoms with van der Waals surface area (Å²) in [6.07, 6.45) is 6.62. The van der Waals surface area contributed by atoms with Gasteiger partial charge in [0.1, 0.15) is 5.54 Å². The van der Waals surface area contributed by atoms with E-state index < -0.39 is 5.54 Å². The lowest BCUT2D eigenvalue weighted by Gasteiger charge is -2.37. The Hall–Kier alpha value is -0.590. The van der Waals surface area contributed by atoms with Gasteiger partial charge in [-0.1, -0.05) is 13.3 Å². The molecular formula is C14H27N3. The Kier molecular flexibility index (Phi) is 5.42. The van der Waals surface area contributed by atoms with Gasteiger partial charge in [-0.15, -0.1) is 0 Å². The van der Waals surface area contributed by atoms with Gasteiger partial charge in [-0.3, -0.25) is 0 Å². The van der Waals surface area contributed by atoms with Crippen molar-refractivity contribution in [1.82, 2.24) is 10.2 Å². The molecule has 3 nitrogen and oxygen atoms in total. The van der Waals surface area contributed by atoms with Crippen LogP contribution in [0.2, 0.25) is 0 Å². The van der Waals surface area contributed by atoms with E-state index in [-0.39, 0.29) is 0 Å². The molecular weight excluding hydrogens is 210 g/mol. The van der Waals surface area contributed by atoms with Crippen molar-refractivity contribution in [3.05, 3.63) is 0 Å². The first kappa shape index (κ1) is 14.5. The monoisotopic (exact) mass is 237 g/mol. The lowest BCUT2D eigenvalue weighted by molar-refractivity contribution is 0.142. The molecule has 0 aromatic rings. The molecule has 1 aliphatic carbocycles. The van der Waals surface area contributed by atoms with Crippen molar-refractivity contribution in [3.63, 3.8) is 0 Å². The fraction of sp³-hybridized carbons (Fsp3) is 0.929. The highest BCUT2D eigenvalue weighted by atomic mass is 15.2. The summed E-state index contributed by atoms with van der Waals surface area (Å²) in [5.74, 6) is 0.936. The van der Waals surface area contributed by atoms with Crippen molar-refractivity contribution < 1.29 is 0 Å². The first-order valence-electron chi connectivity index (χ1n) is 6.85. The van der Waals surface area contributed by atoms with Crippen molar-refractivity contribution in [2.24, 2.45) is 5.92 Å². The van der Waals surface area contributed by atoms with E-state index in [2.05, 4.69) is 30.3 Å². The first-order valence-corrected chi connectivity index (χ1v) is 6.85. The summed E-state index contributed by atoms with van der Waals surface area (Å²) in [6.45, 7) is 5.07. The van der Waals surface area contributed by atoms with Crippen molar-refractivity contribution in [2.75, 3.05) is 20.6 Å². The number of rotatable bonds is 5. The number of nitriles is 1. The molecule has 0 aliphatic heterocycles. The van der Waals surface area contributed by atoms with Crippen molar-refractivity contribution >= 4 is 0 Å². The van der Waals surface area contributed by atoms with Crippen molar-refractivity contribution in [3.8, 4) is 6.07 Å². The summed E-state index contributed by atoms with van der Waals surface area (Å²) in [5.41, 5.74) is -0.420. The maximum atomic E-state index is 9.17. The number of likely N-dealkylation sites (N-methyl/N-ethyl adjacent to an activating group) is 2. The topological polar surface area (TPSA) is 39.1 Å². The molecule has 98 valence electrons. The van der Waals surface area contributed by atoms with Crippen LogP contribution in [0.4, 0.5) is 0 Å². The predicted molar refractivity (Wildman–Crippen MR) is 71.7 cm³/mol. The molecule has 1 fully saturated rings. The van der Waals surface area contributed by atoms with Gasteiger partial charge in [0.25, 0.3) is 0 Å². The predicted octanol–water partition coefficient (Wildman–Crippen LogP) is 2.39. The van der Waals surface area contributed by atoms with Crippen LogP contribution in [0.5, 0.6) is 0 Å². The van der Waals surface area contributed by atoms with Gasteiger partial charge in [0.2, 0.25) is 0 Å². The Morgan fingerprint density at radius 2 is 1.94 bits per heavy atom. The van der Waals surface area contributed by atoms with Crippen LogP contribution >= 0.6 is 0 Å². The molecule has 0 aromatic heterocycles. The summed E-state index contributed by atoms with van der Waals surface area (Å²) in [4.78, 5) is 2.37. The molecule has 1 atom stereocenters. The van der Waals surface area contributed by atoms with E-state index in [0.717, 1.165) is 12.5 Å². The minimum absolute atomic E-state index is 0.420. The van der Waals surface area contributed by atoms with Crippen LogP contribution in [0.1, 0.15) is 46.0 Å². The van der Waals surface area contributed by atoms with Gasteiger partial charge in [-0.2, -0.15) is 5.26 Å². The van der Waals surface area contributed by atoms with E-state index in [0.29, 0.717) is 6.04 Å². The Balaban J connectivity index is 2.44. The Morgan fingerprint density at radius 3 is 2.35 bits per heavy atom. The molecule has 0 aromatic carbocycles. The van der Waals surface area contributed by atoms with E-state index >= 15 is 0 Å². The molecule has 1 N–H and O–H groups in total. The van der Waals surface area contributed by atoms with E-state index in [1.807, 2.05) is 14.0 Å². The minimum atomic E-state index is -0.420. The highest BCUT2D eigenvalue weighted by Crippen LogP contribution is 2.29. The van der Waals surface area contributed by atoms with Gasteiger partial charge < -0.3 is 10.2 Å². The molecule has 1 unspecified atom stereocenters. The summed E-state index contributed by atoms with van der Waals surface area (Å²) < 4.78 is 0. The smallest absolute Gasteiger partial charge is 0.116 e. The first-order chi connectivity index (χ1) is 8.04. The third-order valence-corrected chi connectivity index (χ3v) is 4.38. The zero-order valence-corrected chi connectivity index (χ0v) is 11.8. The largest absolute Gasteiger partial charge is 0.302 e. The standard InChI is InChI=1S/C14H27N3/c1-5-12-6-8-13(9-7-12)17(4)11-14(2,10-15)16-3/h12-13,16H,5-9,11H2,1-4H3. The molecule has 3 heteroatoms. The maximum absolute atomic E-state index is 9.17. The maximum Gasteiger partial charge on any atom is 0.116 e. The van der Waals surface area contributed by atoms with Crippen LogP contribution in [0.25, 0.3) is 0 Å². The SMILES string of the molecule is CCC1CCC(N(C)CC(C)(C#N)NC)CC1. The highest BCUT2D eigenvalue weighted by molar-refractivity contribution is 5.05. The second kappa shape index (κ2) is 6.37. The zero-order valence-electron chi connectivity index (χ0n) is 11.8. The van der Waals surface area contributed by atoms with Gasteiger partial charge in [-0.05, 0) is 52.6 Å². The summed E-state index contributed by atoms with van der Waals surface area (Å²) in [7, 11) is 4.02. The molecule has 0 bridgehead atoms. The van der Waals surface area contributed by atoms with E-state index in [9.17, 15) is 5.26 Å². The zero-order chi connectivity index (χ0) is 12.9. The second-order valence-corrected chi connectivity index (χ2v) is 5.69. The molecule has 0 spiro atoms. The number of nitrogens with zero attached hydrogens (tertiary/aromatic N) is 2. The fourth-order valence-corrected chi connectivity index (χ4v) is 2.79. The molecule has 0 saturated heterocycles. The van der Waals surface area contributed by atoms with Crippen LogP contribution in [-0.4, -0.2) is 37.1 Å². The second-order valence-electron chi connectivity index (χ2n) is 5.69. The van der Waals surface area contributed by atoms with Gasteiger partial charge in [0.05, 0.1) is 6.07 Å². The lowest BCUT2D eigenvalue weighted by atomic mass is 9.83. The molecule has 0 radical (unpaired) electrons. The normalized spacial score (nSPS) is 28.7. The molecule has 17 heavy (non-hydrogen) atoms. The highest BCUT2D eigenvalue weighted by Gasteiger charge is 2.29. The molecule has 1 aliphatic rings. The van der Waals surface area contributed by atoms with Crippen LogP contribution in [0.3, 0.4) is 0 Å². The summed E-state index contributed by atoms with van der Waals surface area (Å²) >= 11 is 0. The fourth-order valence-electron chi connectivity index (χ4n) is 2.79. The number of hydrogen-bond donors (Lipinski definition) is 1. The quantitative estimate of drug-likeness (QED) is 0.798. The Bertz CT molecular complexity index is 263. The molecule has 0 amide bonds. The lowest BCUT2D eigenvalue weighted by Crippen LogP contribution is -2.50. The average molecular weight is 237 g/mol. The molecule has 1 rings (SSSR count). The van der Waals surface area contributed by atoms with Gasteiger partial charge in [0, 0.05) is 12.6 Å². The van der Waals surface area contributed by atoms with Gasteiger partial charge in [0.15, 0.2) is 0 Å². The van der Waals surface area contributed by atoms with Gasteiger partial charge >= 0.3 is 0 Å². The van der Waals surface area contributed by atoms with Crippen LogP contribution in [-0.2, 0) is 0 Å². The third kappa shape index (κ3) is 3.97. The molecule has 1 saturated carbocycles. The van der Waals surface area contributed by atoms with E-state index in [4.69, 9.17) is 0 Å². The Morgan fingerprint density at radius 1 is 1.35 bits per heavy atom. The van der Waals surface area contributed by atoms with Crippen molar-refractivity contribution in [1.29, 1.82) is 5.26 Å². The van der Waals surface area contributed by atoms with Crippen LogP contribution in [0, 0.1) is 17.2 Å².